The molecule has 0 N–H and O–H groups in total. The average Bonchev–Trinajstić information content (AvgIpc) is 3.80. The van der Waals surface area contributed by atoms with Gasteiger partial charge in [-0.3, -0.25) is 4.57 Å². The van der Waals surface area contributed by atoms with Crippen LogP contribution in [0.5, 0.6) is 0 Å². The Kier molecular flexibility index (Phi) is 7.20. The summed E-state index contributed by atoms with van der Waals surface area (Å²) in [7, 11) is 0. The zero-order valence-corrected chi connectivity index (χ0v) is 31.4. The smallest absolute Gasteiger partial charge is 0.165 e. The molecule has 0 aliphatic carbocycles. The topological polar surface area (TPSA) is 35.6 Å². The zero-order chi connectivity index (χ0) is 38.2. The van der Waals surface area contributed by atoms with Gasteiger partial charge in [-0.1, -0.05) is 133 Å². The van der Waals surface area contributed by atoms with Crippen LogP contribution in [-0.2, 0) is 0 Å². The van der Waals surface area contributed by atoms with Gasteiger partial charge in [0, 0.05) is 32.8 Å². The lowest BCUT2D eigenvalue weighted by Gasteiger charge is -2.16. The van der Waals surface area contributed by atoms with E-state index in [9.17, 15) is 0 Å². The van der Waals surface area contributed by atoms with Crippen molar-refractivity contribution in [1.29, 1.82) is 0 Å². The first-order chi connectivity index (χ1) is 28.7. The van der Waals surface area contributed by atoms with Gasteiger partial charge in [-0.15, -0.1) is 0 Å². The Balaban J connectivity index is 1.18. The highest BCUT2D eigenvalue weighted by Crippen LogP contribution is 2.41. The minimum absolute atomic E-state index is 0.794. The summed E-state index contributed by atoms with van der Waals surface area (Å²) in [5, 5.41) is 7.19. The predicted octanol–water partition coefficient (Wildman–Crippen LogP) is 14.0. The summed E-state index contributed by atoms with van der Waals surface area (Å²) in [5.41, 5.74) is 13.7. The van der Waals surface area contributed by atoms with Gasteiger partial charge in [0.05, 0.1) is 33.1 Å². The minimum atomic E-state index is 0.794. The second-order valence-electron chi connectivity index (χ2n) is 15.0. The fraction of sp³-hybridized carbons (Fsp3) is 0. The molecule has 3 heterocycles. The summed E-state index contributed by atoms with van der Waals surface area (Å²) in [4.78, 5) is 11.0. The molecule has 0 aliphatic rings. The number of hydrogen-bond acceptors (Lipinski definition) is 2. The number of benzene rings is 9. The first-order valence-corrected chi connectivity index (χ1v) is 19.7. The largest absolute Gasteiger partial charge is 0.309 e. The highest BCUT2D eigenvalue weighted by Gasteiger charge is 2.22. The lowest BCUT2D eigenvalue weighted by atomic mass is 9.95. The van der Waals surface area contributed by atoms with Gasteiger partial charge in [-0.2, -0.15) is 0 Å². The van der Waals surface area contributed by atoms with Crippen LogP contribution >= 0.6 is 0 Å². The number of nitrogens with zero attached hydrogens (tertiary/aromatic N) is 4. The molecule has 12 aromatic rings. The Labute approximate surface area is 334 Å². The van der Waals surface area contributed by atoms with Crippen molar-refractivity contribution < 1.29 is 0 Å². The Bertz CT molecular complexity index is 3450. The van der Waals surface area contributed by atoms with E-state index in [1.807, 2.05) is 12.1 Å². The van der Waals surface area contributed by atoms with E-state index in [1.165, 1.54) is 38.0 Å². The Morgan fingerprint density at radius 2 is 0.793 bits per heavy atom. The molecule has 270 valence electrons. The van der Waals surface area contributed by atoms with Crippen molar-refractivity contribution in [2.75, 3.05) is 0 Å². The van der Waals surface area contributed by atoms with Crippen molar-refractivity contribution in [3.63, 3.8) is 0 Å². The molecule has 0 atom stereocenters. The Hall–Kier alpha value is -7.82. The first-order valence-electron chi connectivity index (χ1n) is 19.7. The second-order valence-corrected chi connectivity index (χ2v) is 15.0. The summed E-state index contributed by atoms with van der Waals surface area (Å²) >= 11 is 0. The normalized spacial score (nSPS) is 11.8. The maximum atomic E-state index is 5.53. The standard InChI is InChI=1S/C54H34N4/c1-3-15-35(16-4-1)39-29-40(36-17-5-2-6-18-36)31-41(30-39)53-54(56-48-24-12-11-23-47(48)55-53)58-51-28-27-42(34-46(51)45-32-37-19-7-8-20-38(37)33-52(45)58)57-49-25-13-9-21-43(49)44-22-10-14-26-50(44)57/h1-34H. The summed E-state index contributed by atoms with van der Waals surface area (Å²) in [6, 6.07) is 73.9. The zero-order valence-electron chi connectivity index (χ0n) is 31.4. The van der Waals surface area contributed by atoms with Gasteiger partial charge in [0.15, 0.2) is 5.82 Å². The number of fused-ring (bicyclic) bond motifs is 8. The highest BCUT2D eigenvalue weighted by atomic mass is 15.1. The number of hydrogen-bond donors (Lipinski definition) is 0. The third kappa shape index (κ3) is 5.09. The molecule has 0 unspecified atom stereocenters. The van der Waals surface area contributed by atoms with Gasteiger partial charge in [-0.25, -0.2) is 9.97 Å². The van der Waals surface area contributed by atoms with Crippen molar-refractivity contribution in [3.8, 4) is 45.0 Å². The van der Waals surface area contributed by atoms with E-state index >= 15 is 0 Å². The first kappa shape index (κ1) is 32.4. The van der Waals surface area contributed by atoms with E-state index in [0.717, 1.165) is 72.5 Å². The maximum Gasteiger partial charge on any atom is 0.165 e. The molecular weight excluding hydrogens is 705 g/mol. The Morgan fingerprint density at radius 1 is 0.293 bits per heavy atom. The molecule has 0 bridgehead atoms. The van der Waals surface area contributed by atoms with Gasteiger partial charge in [0.1, 0.15) is 5.69 Å². The van der Waals surface area contributed by atoms with Gasteiger partial charge in [-0.05, 0) is 106 Å². The third-order valence-electron chi connectivity index (χ3n) is 11.6. The van der Waals surface area contributed by atoms with Gasteiger partial charge in [0.2, 0.25) is 0 Å². The molecule has 0 aliphatic heterocycles. The molecular formula is C54H34N4. The van der Waals surface area contributed by atoms with Crippen molar-refractivity contribution in [1.82, 2.24) is 19.1 Å². The van der Waals surface area contributed by atoms with Crippen LogP contribution < -0.4 is 0 Å². The second kappa shape index (κ2) is 12.9. The SMILES string of the molecule is c1ccc(-c2cc(-c3ccccc3)cc(-c3nc4ccccc4nc3-n3c4ccc(-n5c6ccccc6c6ccccc65)cc4c4cc5ccccc5cc43)c2)cc1. The van der Waals surface area contributed by atoms with Gasteiger partial charge >= 0.3 is 0 Å². The van der Waals surface area contributed by atoms with E-state index in [4.69, 9.17) is 9.97 Å². The van der Waals surface area contributed by atoms with Crippen LogP contribution in [0.4, 0.5) is 0 Å². The van der Waals surface area contributed by atoms with E-state index < -0.39 is 0 Å². The lowest BCUT2D eigenvalue weighted by molar-refractivity contribution is 1.08. The lowest BCUT2D eigenvalue weighted by Crippen LogP contribution is -2.04. The van der Waals surface area contributed by atoms with Gasteiger partial charge < -0.3 is 4.57 Å². The summed E-state index contributed by atoms with van der Waals surface area (Å²) in [5.74, 6) is 0.794. The third-order valence-corrected chi connectivity index (χ3v) is 11.6. The molecule has 4 nitrogen and oxygen atoms in total. The van der Waals surface area contributed by atoms with Crippen LogP contribution in [0.25, 0.3) is 110 Å². The fourth-order valence-electron chi connectivity index (χ4n) is 8.96. The van der Waals surface area contributed by atoms with Crippen molar-refractivity contribution in [2.45, 2.75) is 0 Å². The quantitative estimate of drug-likeness (QED) is 0.176. The molecule has 9 aromatic carbocycles. The number of para-hydroxylation sites is 4. The monoisotopic (exact) mass is 738 g/mol. The summed E-state index contributed by atoms with van der Waals surface area (Å²) < 4.78 is 4.74. The van der Waals surface area contributed by atoms with Crippen molar-refractivity contribution >= 4 is 65.4 Å². The molecule has 0 saturated carbocycles. The van der Waals surface area contributed by atoms with E-state index in [1.54, 1.807) is 0 Å². The van der Waals surface area contributed by atoms with Crippen LogP contribution in [0.1, 0.15) is 0 Å². The molecule has 12 rings (SSSR count). The van der Waals surface area contributed by atoms with Crippen LogP contribution in [0.2, 0.25) is 0 Å². The number of aromatic nitrogens is 4. The van der Waals surface area contributed by atoms with Crippen molar-refractivity contribution in [2.24, 2.45) is 0 Å². The molecule has 0 saturated heterocycles. The fourth-order valence-corrected chi connectivity index (χ4v) is 8.96. The van der Waals surface area contributed by atoms with Crippen LogP contribution in [0, 0.1) is 0 Å². The van der Waals surface area contributed by atoms with Crippen LogP contribution in [0.3, 0.4) is 0 Å². The highest BCUT2D eigenvalue weighted by molar-refractivity contribution is 6.15. The van der Waals surface area contributed by atoms with E-state index in [2.05, 4.69) is 203 Å². The van der Waals surface area contributed by atoms with Crippen molar-refractivity contribution in [3.05, 3.63) is 206 Å². The molecule has 3 aromatic heterocycles. The average molecular weight is 739 g/mol. The van der Waals surface area contributed by atoms with Crippen LogP contribution in [0.15, 0.2) is 206 Å². The Morgan fingerprint density at radius 3 is 1.45 bits per heavy atom. The molecule has 0 amide bonds. The summed E-state index contributed by atoms with van der Waals surface area (Å²) in [6.45, 7) is 0. The molecule has 58 heavy (non-hydrogen) atoms. The molecule has 0 radical (unpaired) electrons. The predicted molar refractivity (Wildman–Crippen MR) is 242 cm³/mol. The van der Waals surface area contributed by atoms with Gasteiger partial charge in [0.25, 0.3) is 0 Å². The minimum Gasteiger partial charge on any atom is -0.309 e. The molecule has 4 heteroatoms. The number of rotatable bonds is 5. The molecule has 0 fully saturated rings. The molecule has 0 spiro atoms. The van der Waals surface area contributed by atoms with Crippen LogP contribution in [-0.4, -0.2) is 19.1 Å². The maximum absolute atomic E-state index is 5.53. The van der Waals surface area contributed by atoms with E-state index in [-0.39, 0.29) is 0 Å². The van der Waals surface area contributed by atoms with E-state index in [0.29, 0.717) is 0 Å². The summed E-state index contributed by atoms with van der Waals surface area (Å²) in [6.07, 6.45) is 0.